The predicted octanol–water partition coefficient (Wildman–Crippen LogP) is 2.92. The number of aliphatic hydroxyl groups is 1. The molecule has 96 valence electrons. The Bertz CT molecular complexity index is 571. The van der Waals surface area contributed by atoms with E-state index < -0.39 is 17.7 Å². The van der Waals surface area contributed by atoms with Crippen LogP contribution in [0.3, 0.4) is 0 Å². The molecular formula is C12H11ClF2N2O. The maximum absolute atomic E-state index is 13.6. The Hall–Kier alpha value is -1.46. The van der Waals surface area contributed by atoms with Crippen LogP contribution in [0.25, 0.3) is 0 Å². The zero-order valence-corrected chi connectivity index (χ0v) is 10.3. The monoisotopic (exact) mass is 272 g/mol. The minimum absolute atomic E-state index is 0.160. The summed E-state index contributed by atoms with van der Waals surface area (Å²) >= 11 is 5.45. The Morgan fingerprint density at radius 2 is 2.11 bits per heavy atom. The first-order valence-corrected chi connectivity index (χ1v) is 5.75. The highest BCUT2D eigenvalue weighted by atomic mass is 35.5. The van der Waals surface area contributed by atoms with Crippen molar-refractivity contribution in [2.45, 2.75) is 19.6 Å². The van der Waals surface area contributed by atoms with E-state index in [0.29, 0.717) is 12.1 Å². The van der Waals surface area contributed by atoms with Crippen LogP contribution >= 0.6 is 11.6 Å². The molecule has 1 aromatic heterocycles. The Kier molecular flexibility index (Phi) is 3.63. The van der Waals surface area contributed by atoms with Gasteiger partial charge in [0.1, 0.15) is 17.7 Å². The van der Waals surface area contributed by atoms with Gasteiger partial charge in [-0.15, -0.1) is 0 Å². The van der Waals surface area contributed by atoms with Crippen molar-refractivity contribution in [2.75, 3.05) is 0 Å². The molecule has 0 radical (unpaired) electrons. The number of hydrogen-bond donors (Lipinski definition) is 1. The summed E-state index contributed by atoms with van der Waals surface area (Å²) in [6, 6.07) is 1.74. The van der Waals surface area contributed by atoms with Crippen molar-refractivity contribution in [3.63, 3.8) is 0 Å². The minimum Gasteiger partial charge on any atom is -0.383 e. The smallest absolute Gasteiger partial charge is 0.142 e. The van der Waals surface area contributed by atoms with E-state index in [9.17, 15) is 13.9 Å². The first kappa shape index (κ1) is 13.0. The van der Waals surface area contributed by atoms with Gasteiger partial charge in [0, 0.05) is 23.9 Å². The average Bonchev–Trinajstić information content (AvgIpc) is 2.81. The van der Waals surface area contributed by atoms with E-state index in [1.54, 1.807) is 10.9 Å². The van der Waals surface area contributed by atoms with Gasteiger partial charge >= 0.3 is 0 Å². The molecule has 18 heavy (non-hydrogen) atoms. The van der Waals surface area contributed by atoms with Gasteiger partial charge in [0.05, 0.1) is 11.2 Å². The minimum atomic E-state index is -1.27. The second kappa shape index (κ2) is 5.04. The molecule has 0 saturated heterocycles. The van der Waals surface area contributed by atoms with Crippen molar-refractivity contribution in [3.8, 4) is 0 Å². The van der Waals surface area contributed by atoms with E-state index in [1.165, 1.54) is 6.20 Å². The average molecular weight is 273 g/mol. The zero-order chi connectivity index (χ0) is 13.3. The molecule has 6 heteroatoms. The molecule has 1 atom stereocenters. The fraction of sp³-hybridized carbons (Fsp3) is 0.250. The highest BCUT2D eigenvalue weighted by Crippen LogP contribution is 2.27. The summed E-state index contributed by atoms with van der Waals surface area (Å²) in [4.78, 5) is 0. The van der Waals surface area contributed by atoms with Crippen molar-refractivity contribution in [3.05, 3.63) is 52.3 Å². The van der Waals surface area contributed by atoms with Crippen LogP contribution in [0.5, 0.6) is 0 Å². The molecule has 1 unspecified atom stereocenters. The molecule has 1 heterocycles. The highest BCUT2D eigenvalue weighted by molar-refractivity contribution is 6.30. The molecule has 0 bridgehead atoms. The first-order valence-electron chi connectivity index (χ1n) is 5.37. The molecule has 0 aliphatic carbocycles. The van der Waals surface area contributed by atoms with E-state index >= 15 is 0 Å². The van der Waals surface area contributed by atoms with E-state index in [0.717, 1.165) is 12.1 Å². The molecule has 0 aliphatic heterocycles. The third-order valence-corrected chi connectivity index (χ3v) is 2.92. The number of aliphatic hydroxyl groups excluding tert-OH is 1. The number of hydrogen-bond acceptors (Lipinski definition) is 2. The number of nitrogens with zero attached hydrogens (tertiary/aromatic N) is 2. The number of benzene rings is 1. The van der Waals surface area contributed by atoms with Crippen LogP contribution in [-0.4, -0.2) is 14.9 Å². The molecule has 0 spiro atoms. The largest absolute Gasteiger partial charge is 0.383 e. The van der Waals surface area contributed by atoms with Crippen LogP contribution in [0.1, 0.15) is 24.2 Å². The quantitative estimate of drug-likeness (QED) is 0.873. The van der Waals surface area contributed by atoms with E-state index in [2.05, 4.69) is 5.10 Å². The van der Waals surface area contributed by atoms with Gasteiger partial charge < -0.3 is 5.11 Å². The predicted molar refractivity (Wildman–Crippen MR) is 63.3 cm³/mol. The van der Waals surface area contributed by atoms with Gasteiger partial charge in [0.2, 0.25) is 0 Å². The molecular weight excluding hydrogens is 262 g/mol. The summed E-state index contributed by atoms with van der Waals surface area (Å²) in [5.74, 6) is -1.52. The molecule has 2 rings (SSSR count). The van der Waals surface area contributed by atoms with Crippen LogP contribution in [0.15, 0.2) is 24.5 Å². The number of rotatable bonds is 3. The molecule has 3 nitrogen and oxygen atoms in total. The molecule has 2 aromatic rings. The van der Waals surface area contributed by atoms with Crippen molar-refractivity contribution in [2.24, 2.45) is 0 Å². The molecule has 0 fully saturated rings. The van der Waals surface area contributed by atoms with Crippen molar-refractivity contribution in [1.29, 1.82) is 0 Å². The summed E-state index contributed by atoms with van der Waals surface area (Å²) in [6.07, 6.45) is 1.73. The number of aryl methyl sites for hydroxylation is 1. The fourth-order valence-electron chi connectivity index (χ4n) is 1.62. The summed E-state index contributed by atoms with van der Waals surface area (Å²) in [5.41, 5.74) is 0.241. The third-order valence-electron chi connectivity index (χ3n) is 2.63. The lowest BCUT2D eigenvalue weighted by Gasteiger charge is -2.10. The lowest BCUT2D eigenvalue weighted by atomic mass is 10.0. The van der Waals surface area contributed by atoms with Gasteiger partial charge in [-0.2, -0.15) is 5.10 Å². The SMILES string of the molecule is CCn1cc(C(O)c2cc(F)c(Cl)cc2F)cn1. The second-order valence-electron chi connectivity index (χ2n) is 3.82. The summed E-state index contributed by atoms with van der Waals surface area (Å²) in [7, 11) is 0. The summed E-state index contributed by atoms with van der Waals surface area (Å²) in [6.45, 7) is 2.51. The van der Waals surface area contributed by atoms with E-state index in [-0.39, 0.29) is 10.6 Å². The van der Waals surface area contributed by atoms with Crippen molar-refractivity contribution >= 4 is 11.6 Å². The van der Waals surface area contributed by atoms with Gasteiger partial charge in [-0.3, -0.25) is 4.68 Å². The van der Waals surface area contributed by atoms with Crippen LogP contribution in [0.2, 0.25) is 5.02 Å². The van der Waals surface area contributed by atoms with Gasteiger partial charge in [-0.05, 0) is 19.1 Å². The maximum atomic E-state index is 13.6. The molecule has 0 aliphatic rings. The lowest BCUT2D eigenvalue weighted by molar-refractivity contribution is 0.214. The first-order chi connectivity index (χ1) is 8.52. The number of halogens is 3. The van der Waals surface area contributed by atoms with Crippen molar-refractivity contribution in [1.82, 2.24) is 9.78 Å². The van der Waals surface area contributed by atoms with Gasteiger partial charge in [-0.25, -0.2) is 8.78 Å². The Labute approximate surface area is 108 Å². The fourth-order valence-corrected chi connectivity index (χ4v) is 1.77. The Morgan fingerprint density at radius 3 is 2.72 bits per heavy atom. The van der Waals surface area contributed by atoms with E-state index in [1.807, 2.05) is 6.92 Å². The highest BCUT2D eigenvalue weighted by Gasteiger charge is 2.19. The Balaban J connectivity index is 2.39. The standard InChI is InChI=1S/C12H11ClF2N2O/c1-2-17-6-7(5-16-17)12(18)8-3-11(15)9(13)4-10(8)14/h3-6,12,18H,2H2,1H3. The zero-order valence-electron chi connectivity index (χ0n) is 9.57. The lowest BCUT2D eigenvalue weighted by Crippen LogP contribution is -2.03. The molecule has 0 amide bonds. The summed E-state index contributed by atoms with van der Waals surface area (Å²) < 4.78 is 28.5. The topological polar surface area (TPSA) is 38.0 Å². The number of aromatic nitrogens is 2. The van der Waals surface area contributed by atoms with Crippen LogP contribution in [0, 0.1) is 11.6 Å². The Morgan fingerprint density at radius 1 is 1.39 bits per heavy atom. The summed E-state index contributed by atoms with van der Waals surface area (Å²) in [5, 5.41) is 13.6. The molecule has 1 N–H and O–H groups in total. The van der Waals surface area contributed by atoms with Crippen molar-refractivity contribution < 1.29 is 13.9 Å². The van der Waals surface area contributed by atoms with Gasteiger partial charge in [0.25, 0.3) is 0 Å². The van der Waals surface area contributed by atoms with E-state index in [4.69, 9.17) is 11.6 Å². The van der Waals surface area contributed by atoms with Gasteiger partial charge in [-0.1, -0.05) is 11.6 Å². The van der Waals surface area contributed by atoms with Crippen LogP contribution in [-0.2, 0) is 6.54 Å². The normalized spacial score (nSPS) is 12.7. The second-order valence-corrected chi connectivity index (χ2v) is 4.23. The third kappa shape index (κ3) is 2.37. The van der Waals surface area contributed by atoms with Gasteiger partial charge in [0.15, 0.2) is 0 Å². The van der Waals surface area contributed by atoms with Crippen LogP contribution in [0.4, 0.5) is 8.78 Å². The molecule has 0 saturated carbocycles. The maximum Gasteiger partial charge on any atom is 0.142 e. The van der Waals surface area contributed by atoms with Crippen LogP contribution < -0.4 is 0 Å². The molecule has 1 aromatic carbocycles.